The Hall–Kier alpha value is -2.28. The second-order valence-corrected chi connectivity index (χ2v) is 6.77. The van der Waals surface area contributed by atoms with E-state index in [0.717, 1.165) is 44.0 Å². The van der Waals surface area contributed by atoms with Crippen LogP contribution in [0.25, 0.3) is 11.4 Å². The number of rotatable bonds is 5. The molecular formula is C19H20ClN5O. The van der Waals surface area contributed by atoms with Gasteiger partial charge in [-0.1, -0.05) is 35.0 Å². The average molecular weight is 370 g/mol. The van der Waals surface area contributed by atoms with E-state index >= 15 is 0 Å². The van der Waals surface area contributed by atoms with Gasteiger partial charge in [0.15, 0.2) is 0 Å². The van der Waals surface area contributed by atoms with E-state index in [2.05, 4.69) is 31.0 Å². The monoisotopic (exact) mass is 369 g/mol. The quantitative estimate of drug-likeness (QED) is 0.688. The molecule has 0 amide bonds. The van der Waals surface area contributed by atoms with Gasteiger partial charge in [0, 0.05) is 44.5 Å². The minimum atomic E-state index is 0.541. The summed E-state index contributed by atoms with van der Waals surface area (Å²) in [5, 5.41) is 4.70. The minimum absolute atomic E-state index is 0.541. The molecule has 2 aromatic heterocycles. The van der Waals surface area contributed by atoms with Crippen LogP contribution in [0.1, 0.15) is 11.6 Å². The lowest BCUT2D eigenvalue weighted by molar-refractivity contribution is 0.111. The fourth-order valence-corrected chi connectivity index (χ4v) is 3.31. The first-order valence-electron chi connectivity index (χ1n) is 8.70. The average Bonchev–Trinajstić information content (AvgIpc) is 3.13. The van der Waals surface area contributed by atoms with E-state index in [9.17, 15) is 0 Å². The molecule has 0 aliphatic carbocycles. The number of nitrogens with zero attached hydrogens (tertiary/aromatic N) is 5. The minimum Gasteiger partial charge on any atom is -0.338 e. The Bertz CT molecular complexity index is 846. The molecule has 1 aliphatic rings. The third-order valence-corrected chi connectivity index (χ3v) is 4.85. The zero-order chi connectivity index (χ0) is 17.8. The van der Waals surface area contributed by atoms with E-state index in [1.165, 1.54) is 0 Å². The summed E-state index contributed by atoms with van der Waals surface area (Å²) in [5.41, 5.74) is 1.91. The molecule has 7 heteroatoms. The van der Waals surface area contributed by atoms with Gasteiger partial charge in [-0.05, 0) is 24.3 Å². The van der Waals surface area contributed by atoms with Gasteiger partial charge in [-0.15, -0.1) is 0 Å². The highest BCUT2D eigenvalue weighted by Crippen LogP contribution is 2.25. The van der Waals surface area contributed by atoms with E-state index in [4.69, 9.17) is 16.1 Å². The van der Waals surface area contributed by atoms with E-state index in [1.54, 1.807) is 0 Å². The molecule has 1 saturated heterocycles. The molecule has 1 aliphatic heterocycles. The maximum atomic E-state index is 6.20. The molecule has 3 heterocycles. The third kappa shape index (κ3) is 4.09. The summed E-state index contributed by atoms with van der Waals surface area (Å²) in [7, 11) is 0. The predicted molar refractivity (Wildman–Crippen MR) is 99.5 cm³/mol. The SMILES string of the molecule is Clc1ccccc1-c1noc(CN2CCN(Cc3ccccn3)CC2)n1. The number of hydrogen-bond acceptors (Lipinski definition) is 6. The molecule has 0 unspecified atom stereocenters. The summed E-state index contributed by atoms with van der Waals surface area (Å²) in [5.74, 6) is 1.16. The smallest absolute Gasteiger partial charge is 0.241 e. The van der Waals surface area contributed by atoms with Crippen LogP contribution >= 0.6 is 11.6 Å². The molecule has 1 fully saturated rings. The van der Waals surface area contributed by atoms with Crippen molar-refractivity contribution in [2.24, 2.45) is 0 Å². The van der Waals surface area contributed by atoms with Gasteiger partial charge in [0.1, 0.15) is 0 Å². The van der Waals surface area contributed by atoms with Crippen LogP contribution in [0.5, 0.6) is 0 Å². The Morgan fingerprint density at radius 2 is 1.65 bits per heavy atom. The van der Waals surface area contributed by atoms with Crippen molar-refractivity contribution in [2.45, 2.75) is 13.1 Å². The molecule has 0 bridgehead atoms. The topological polar surface area (TPSA) is 58.3 Å². The van der Waals surface area contributed by atoms with Crippen LogP contribution < -0.4 is 0 Å². The molecule has 3 aromatic rings. The highest BCUT2D eigenvalue weighted by molar-refractivity contribution is 6.33. The predicted octanol–water partition coefficient (Wildman–Crippen LogP) is 3.10. The highest BCUT2D eigenvalue weighted by Gasteiger charge is 2.20. The van der Waals surface area contributed by atoms with Crippen molar-refractivity contribution >= 4 is 11.6 Å². The van der Waals surface area contributed by atoms with Crippen molar-refractivity contribution in [2.75, 3.05) is 26.2 Å². The Labute approximate surface area is 157 Å². The number of pyridine rings is 1. The molecule has 0 atom stereocenters. The lowest BCUT2D eigenvalue weighted by Gasteiger charge is -2.33. The summed E-state index contributed by atoms with van der Waals surface area (Å²) in [6, 6.07) is 13.6. The second kappa shape index (κ2) is 7.95. The van der Waals surface area contributed by atoms with Crippen molar-refractivity contribution in [1.82, 2.24) is 24.9 Å². The first kappa shape index (κ1) is 17.1. The zero-order valence-corrected chi connectivity index (χ0v) is 15.1. The van der Waals surface area contributed by atoms with Gasteiger partial charge >= 0.3 is 0 Å². The normalized spacial score (nSPS) is 16.0. The van der Waals surface area contributed by atoms with Crippen molar-refractivity contribution in [1.29, 1.82) is 0 Å². The fourth-order valence-electron chi connectivity index (χ4n) is 3.09. The number of halogens is 1. The van der Waals surface area contributed by atoms with E-state index in [1.807, 2.05) is 42.6 Å². The molecule has 1 aromatic carbocycles. The summed E-state index contributed by atoms with van der Waals surface area (Å²) >= 11 is 6.20. The van der Waals surface area contributed by atoms with Gasteiger partial charge in [0.05, 0.1) is 17.3 Å². The molecule has 4 rings (SSSR count). The standard InChI is InChI=1S/C19H20ClN5O/c20-17-7-2-1-6-16(17)19-22-18(26-23-19)14-25-11-9-24(10-12-25)13-15-5-3-4-8-21-15/h1-8H,9-14H2. The zero-order valence-electron chi connectivity index (χ0n) is 14.4. The highest BCUT2D eigenvalue weighted by atomic mass is 35.5. The van der Waals surface area contributed by atoms with Gasteiger partial charge < -0.3 is 4.52 Å². The molecule has 134 valence electrons. The van der Waals surface area contributed by atoms with Gasteiger partial charge in [0.2, 0.25) is 11.7 Å². The van der Waals surface area contributed by atoms with Gasteiger partial charge in [-0.2, -0.15) is 4.98 Å². The molecule has 6 nitrogen and oxygen atoms in total. The van der Waals surface area contributed by atoms with Gasteiger partial charge in [-0.25, -0.2) is 0 Å². The maximum Gasteiger partial charge on any atom is 0.241 e. The lowest BCUT2D eigenvalue weighted by Crippen LogP contribution is -2.45. The molecular weight excluding hydrogens is 350 g/mol. The van der Waals surface area contributed by atoms with Crippen LogP contribution in [0.4, 0.5) is 0 Å². The second-order valence-electron chi connectivity index (χ2n) is 6.36. The summed E-state index contributed by atoms with van der Waals surface area (Å²) in [6.07, 6.45) is 1.84. The number of benzene rings is 1. The van der Waals surface area contributed by atoms with E-state index in [-0.39, 0.29) is 0 Å². The van der Waals surface area contributed by atoms with Crippen molar-refractivity contribution in [3.63, 3.8) is 0 Å². The molecule has 0 N–H and O–H groups in total. The molecule has 26 heavy (non-hydrogen) atoms. The summed E-state index contributed by atoms with van der Waals surface area (Å²) in [4.78, 5) is 13.6. The first-order chi connectivity index (χ1) is 12.8. The fraction of sp³-hybridized carbons (Fsp3) is 0.316. The largest absolute Gasteiger partial charge is 0.338 e. The Morgan fingerprint density at radius 3 is 2.38 bits per heavy atom. The Balaban J connectivity index is 1.32. The van der Waals surface area contributed by atoms with E-state index in [0.29, 0.717) is 23.3 Å². The summed E-state index contributed by atoms with van der Waals surface area (Å²) in [6.45, 7) is 5.50. The number of aromatic nitrogens is 3. The van der Waals surface area contributed by atoms with E-state index < -0.39 is 0 Å². The number of piperazine rings is 1. The Kier molecular flexibility index (Phi) is 5.24. The van der Waals surface area contributed by atoms with Crippen LogP contribution in [-0.2, 0) is 13.1 Å². The maximum absolute atomic E-state index is 6.20. The molecule has 0 spiro atoms. The first-order valence-corrected chi connectivity index (χ1v) is 9.08. The van der Waals surface area contributed by atoms with Crippen molar-refractivity contribution in [3.8, 4) is 11.4 Å². The number of hydrogen-bond donors (Lipinski definition) is 0. The van der Waals surface area contributed by atoms with Crippen molar-refractivity contribution in [3.05, 3.63) is 65.3 Å². The van der Waals surface area contributed by atoms with Crippen LogP contribution in [0.2, 0.25) is 5.02 Å². The van der Waals surface area contributed by atoms with Gasteiger partial charge in [0.25, 0.3) is 0 Å². The molecule has 0 radical (unpaired) electrons. The lowest BCUT2D eigenvalue weighted by atomic mass is 10.2. The third-order valence-electron chi connectivity index (χ3n) is 4.52. The molecule has 0 saturated carbocycles. The van der Waals surface area contributed by atoms with Crippen LogP contribution in [-0.4, -0.2) is 51.1 Å². The van der Waals surface area contributed by atoms with Gasteiger partial charge in [-0.3, -0.25) is 14.8 Å². The van der Waals surface area contributed by atoms with Crippen molar-refractivity contribution < 1.29 is 4.52 Å². The van der Waals surface area contributed by atoms with Crippen LogP contribution in [0.15, 0.2) is 53.2 Å². The van der Waals surface area contributed by atoms with Crippen LogP contribution in [0, 0.1) is 0 Å². The van der Waals surface area contributed by atoms with Crippen LogP contribution in [0.3, 0.4) is 0 Å². The Morgan fingerprint density at radius 1 is 0.923 bits per heavy atom. The summed E-state index contributed by atoms with van der Waals surface area (Å²) < 4.78 is 5.41.